The zero-order valence-corrected chi connectivity index (χ0v) is 12.2. The number of rotatable bonds is 9. The Bertz CT molecular complexity index is 191. The van der Waals surface area contributed by atoms with E-state index in [1.54, 1.807) is 0 Å². The van der Waals surface area contributed by atoms with Crippen LogP contribution in [0.15, 0.2) is 0 Å². The lowest BCUT2D eigenvalue weighted by atomic mass is 9.98. The van der Waals surface area contributed by atoms with Gasteiger partial charge in [-0.05, 0) is 38.1 Å². The number of hydrogen-bond donors (Lipinski definition) is 2. The number of ether oxygens (including phenoxy) is 1. The molecule has 0 amide bonds. The van der Waals surface area contributed by atoms with Crippen molar-refractivity contribution in [3.63, 3.8) is 0 Å². The van der Waals surface area contributed by atoms with E-state index in [4.69, 9.17) is 4.74 Å². The molecule has 1 aliphatic carbocycles. The van der Waals surface area contributed by atoms with Gasteiger partial charge in [0.25, 0.3) is 0 Å². The fourth-order valence-corrected chi connectivity index (χ4v) is 2.44. The maximum Gasteiger partial charge on any atom is 0.0897 e. The lowest BCUT2D eigenvalue weighted by molar-refractivity contribution is -0.0229. The summed E-state index contributed by atoms with van der Waals surface area (Å²) in [5.41, 5.74) is 0. The molecule has 0 bridgehead atoms. The second-order valence-corrected chi connectivity index (χ2v) is 5.99. The first-order valence-corrected chi connectivity index (χ1v) is 7.69. The molecule has 3 nitrogen and oxygen atoms in total. The van der Waals surface area contributed by atoms with Gasteiger partial charge in [-0.3, -0.25) is 0 Å². The van der Waals surface area contributed by atoms with Gasteiger partial charge in [-0.2, -0.15) is 0 Å². The molecule has 0 spiro atoms. The van der Waals surface area contributed by atoms with Gasteiger partial charge in [-0.15, -0.1) is 0 Å². The predicted molar refractivity (Wildman–Crippen MR) is 75.8 cm³/mol. The quantitative estimate of drug-likeness (QED) is 0.624. The van der Waals surface area contributed by atoms with Crippen LogP contribution in [0.1, 0.15) is 58.8 Å². The lowest BCUT2D eigenvalue weighted by Gasteiger charge is -2.23. The lowest BCUT2D eigenvalue weighted by Crippen LogP contribution is -2.33. The fourth-order valence-electron chi connectivity index (χ4n) is 2.44. The highest BCUT2D eigenvalue weighted by molar-refractivity contribution is 4.67. The van der Waals surface area contributed by atoms with Gasteiger partial charge < -0.3 is 15.2 Å². The van der Waals surface area contributed by atoms with Gasteiger partial charge in [0.2, 0.25) is 0 Å². The zero-order valence-electron chi connectivity index (χ0n) is 12.2. The highest BCUT2D eigenvalue weighted by Crippen LogP contribution is 2.20. The van der Waals surface area contributed by atoms with E-state index in [9.17, 15) is 5.11 Å². The number of hydrogen-bond acceptors (Lipinski definition) is 3. The standard InChI is InChI=1S/C15H31NO2/c1-13(2)7-6-10-16-11-14(17)12-18-15-8-4-3-5-9-15/h13-17H,3-12H2,1-2H3. The maximum atomic E-state index is 9.80. The summed E-state index contributed by atoms with van der Waals surface area (Å²) in [6.45, 7) is 6.63. The van der Waals surface area contributed by atoms with E-state index in [0.29, 0.717) is 19.3 Å². The van der Waals surface area contributed by atoms with Crippen molar-refractivity contribution in [1.82, 2.24) is 5.32 Å². The van der Waals surface area contributed by atoms with Crippen molar-refractivity contribution in [2.24, 2.45) is 5.92 Å². The van der Waals surface area contributed by atoms with Crippen LogP contribution in [-0.2, 0) is 4.74 Å². The highest BCUT2D eigenvalue weighted by atomic mass is 16.5. The molecular weight excluding hydrogens is 226 g/mol. The zero-order chi connectivity index (χ0) is 13.2. The third-order valence-corrected chi connectivity index (χ3v) is 3.59. The summed E-state index contributed by atoms with van der Waals surface area (Å²) in [7, 11) is 0. The first kappa shape index (κ1) is 15.9. The summed E-state index contributed by atoms with van der Waals surface area (Å²) < 4.78 is 5.75. The molecular formula is C15H31NO2. The third-order valence-electron chi connectivity index (χ3n) is 3.59. The summed E-state index contributed by atoms with van der Waals surface area (Å²) in [5.74, 6) is 0.770. The summed E-state index contributed by atoms with van der Waals surface area (Å²) >= 11 is 0. The molecule has 0 aromatic carbocycles. The van der Waals surface area contributed by atoms with E-state index in [1.807, 2.05) is 0 Å². The van der Waals surface area contributed by atoms with Crippen LogP contribution in [-0.4, -0.2) is 37.0 Å². The van der Waals surface area contributed by atoms with Crippen molar-refractivity contribution in [1.29, 1.82) is 0 Å². The van der Waals surface area contributed by atoms with Gasteiger partial charge in [0.1, 0.15) is 0 Å². The Morgan fingerprint density at radius 3 is 2.61 bits per heavy atom. The Kier molecular flexibility index (Phi) is 8.64. The maximum absolute atomic E-state index is 9.80. The molecule has 1 atom stereocenters. The molecule has 0 heterocycles. The second kappa shape index (κ2) is 9.76. The molecule has 1 unspecified atom stereocenters. The summed E-state index contributed by atoms with van der Waals surface area (Å²) in [6, 6.07) is 0. The third kappa shape index (κ3) is 8.06. The second-order valence-electron chi connectivity index (χ2n) is 5.99. The van der Waals surface area contributed by atoms with E-state index in [1.165, 1.54) is 44.9 Å². The van der Waals surface area contributed by atoms with E-state index in [2.05, 4.69) is 19.2 Å². The first-order chi connectivity index (χ1) is 8.68. The van der Waals surface area contributed by atoms with Crippen LogP contribution in [0.4, 0.5) is 0 Å². The number of aliphatic hydroxyl groups excluding tert-OH is 1. The molecule has 0 radical (unpaired) electrons. The molecule has 18 heavy (non-hydrogen) atoms. The van der Waals surface area contributed by atoms with Crippen molar-refractivity contribution in [3.05, 3.63) is 0 Å². The Morgan fingerprint density at radius 2 is 1.94 bits per heavy atom. The highest BCUT2D eigenvalue weighted by Gasteiger charge is 2.15. The largest absolute Gasteiger partial charge is 0.389 e. The van der Waals surface area contributed by atoms with Crippen molar-refractivity contribution in [3.8, 4) is 0 Å². The van der Waals surface area contributed by atoms with Gasteiger partial charge in [0.15, 0.2) is 0 Å². The monoisotopic (exact) mass is 257 g/mol. The minimum absolute atomic E-state index is 0.356. The molecule has 0 aromatic rings. The van der Waals surface area contributed by atoms with Crippen LogP contribution < -0.4 is 5.32 Å². The Labute approximate surface area is 112 Å². The van der Waals surface area contributed by atoms with Crippen molar-refractivity contribution in [2.75, 3.05) is 19.7 Å². The molecule has 1 fully saturated rings. The molecule has 0 aromatic heterocycles. The summed E-state index contributed by atoms with van der Waals surface area (Å²) in [6.07, 6.45) is 8.75. The van der Waals surface area contributed by atoms with Crippen molar-refractivity contribution >= 4 is 0 Å². The van der Waals surface area contributed by atoms with Gasteiger partial charge in [-0.1, -0.05) is 33.1 Å². The molecule has 3 heteroatoms. The molecule has 1 rings (SSSR count). The smallest absolute Gasteiger partial charge is 0.0897 e. The van der Waals surface area contributed by atoms with E-state index < -0.39 is 0 Å². The van der Waals surface area contributed by atoms with Crippen LogP contribution in [0.25, 0.3) is 0 Å². The Balaban J connectivity index is 1.91. The Morgan fingerprint density at radius 1 is 1.22 bits per heavy atom. The number of nitrogens with one attached hydrogen (secondary N) is 1. The van der Waals surface area contributed by atoms with Crippen molar-refractivity contribution in [2.45, 2.75) is 71.0 Å². The fraction of sp³-hybridized carbons (Fsp3) is 1.00. The normalized spacial score (nSPS) is 19.3. The average Bonchev–Trinajstić information content (AvgIpc) is 2.37. The van der Waals surface area contributed by atoms with Crippen molar-refractivity contribution < 1.29 is 9.84 Å². The molecule has 0 saturated heterocycles. The SMILES string of the molecule is CC(C)CCCNCC(O)COC1CCCCC1. The van der Waals surface area contributed by atoms with Crippen LogP contribution in [0, 0.1) is 5.92 Å². The molecule has 1 aliphatic rings. The topological polar surface area (TPSA) is 41.5 Å². The molecule has 1 saturated carbocycles. The van der Waals surface area contributed by atoms with Crippen LogP contribution in [0.5, 0.6) is 0 Å². The predicted octanol–water partition coefficient (Wildman–Crippen LogP) is 2.72. The molecule has 2 N–H and O–H groups in total. The number of aliphatic hydroxyl groups is 1. The summed E-state index contributed by atoms with van der Waals surface area (Å²) in [4.78, 5) is 0. The van der Waals surface area contributed by atoms with Gasteiger partial charge >= 0.3 is 0 Å². The molecule has 0 aliphatic heterocycles. The van der Waals surface area contributed by atoms with Crippen LogP contribution >= 0.6 is 0 Å². The minimum Gasteiger partial charge on any atom is -0.389 e. The minimum atomic E-state index is -0.356. The summed E-state index contributed by atoms with van der Waals surface area (Å²) in [5, 5.41) is 13.1. The van der Waals surface area contributed by atoms with Crippen LogP contribution in [0.2, 0.25) is 0 Å². The van der Waals surface area contributed by atoms with E-state index in [0.717, 1.165) is 12.5 Å². The molecule has 108 valence electrons. The van der Waals surface area contributed by atoms with Crippen LogP contribution in [0.3, 0.4) is 0 Å². The Hall–Kier alpha value is -0.120. The first-order valence-electron chi connectivity index (χ1n) is 7.69. The van der Waals surface area contributed by atoms with Gasteiger partial charge in [0, 0.05) is 6.54 Å². The van der Waals surface area contributed by atoms with E-state index in [-0.39, 0.29) is 6.10 Å². The van der Waals surface area contributed by atoms with E-state index >= 15 is 0 Å². The van der Waals surface area contributed by atoms with Gasteiger partial charge in [0.05, 0.1) is 18.8 Å². The average molecular weight is 257 g/mol. The van der Waals surface area contributed by atoms with Gasteiger partial charge in [-0.25, -0.2) is 0 Å².